The summed E-state index contributed by atoms with van der Waals surface area (Å²) < 4.78 is 7.55. The SMILES string of the molecule is CC(C)n1c(SCc2ccc(Cl)cc2)nnc1-c1ccco1. The number of hydrogen-bond acceptors (Lipinski definition) is 4. The molecule has 114 valence electrons. The first kappa shape index (κ1) is 15.2. The van der Waals surface area contributed by atoms with Crippen LogP contribution < -0.4 is 0 Å². The Morgan fingerprint density at radius 1 is 1.18 bits per heavy atom. The fraction of sp³-hybridized carbons (Fsp3) is 0.250. The minimum atomic E-state index is 0.253. The van der Waals surface area contributed by atoms with Crippen molar-refractivity contribution in [3.05, 3.63) is 53.2 Å². The monoisotopic (exact) mass is 333 g/mol. The number of thioether (sulfide) groups is 1. The molecule has 0 bridgehead atoms. The summed E-state index contributed by atoms with van der Waals surface area (Å²) in [5.74, 6) is 2.32. The summed E-state index contributed by atoms with van der Waals surface area (Å²) in [7, 11) is 0. The van der Waals surface area contributed by atoms with Gasteiger partial charge in [0.25, 0.3) is 0 Å². The second-order valence-electron chi connectivity index (χ2n) is 5.16. The van der Waals surface area contributed by atoms with Gasteiger partial charge in [0, 0.05) is 16.8 Å². The molecule has 0 spiro atoms. The summed E-state index contributed by atoms with van der Waals surface area (Å²) in [6.45, 7) is 4.23. The second-order valence-corrected chi connectivity index (χ2v) is 6.54. The third-order valence-corrected chi connectivity index (χ3v) is 4.47. The Kier molecular flexibility index (Phi) is 4.55. The molecular weight excluding hydrogens is 318 g/mol. The Bertz CT molecular complexity index is 735. The van der Waals surface area contributed by atoms with E-state index in [-0.39, 0.29) is 6.04 Å². The summed E-state index contributed by atoms with van der Waals surface area (Å²) in [5, 5.41) is 10.2. The molecule has 0 aliphatic rings. The van der Waals surface area contributed by atoms with E-state index in [0.29, 0.717) is 0 Å². The van der Waals surface area contributed by atoms with E-state index in [2.05, 4.69) is 28.6 Å². The predicted octanol–water partition coefficient (Wildman–Crippen LogP) is 5.06. The zero-order chi connectivity index (χ0) is 15.5. The van der Waals surface area contributed by atoms with Gasteiger partial charge in [-0.2, -0.15) is 0 Å². The van der Waals surface area contributed by atoms with Crippen molar-refractivity contribution in [1.82, 2.24) is 14.8 Å². The molecule has 22 heavy (non-hydrogen) atoms. The lowest BCUT2D eigenvalue weighted by Gasteiger charge is -2.12. The van der Waals surface area contributed by atoms with Crippen LogP contribution in [0.25, 0.3) is 11.6 Å². The van der Waals surface area contributed by atoms with E-state index in [1.165, 1.54) is 5.56 Å². The van der Waals surface area contributed by atoms with Crippen molar-refractivity contribution in [2.24, 2.45) is 0 Å². The molecule has 2 aromatic heterocycles. The Morgan fingerprint density at radius 3 is 2.59 bits per heavy atom. The van der Waals surface area contributed by atoms with Crippen molar-refractivity contribution in [1.29, 1.82) is 0 Å². The number of rotatable bonds is 5. The quantitative estimate of drug-likeness (QED) is 0.612. The molecule has 3 aromatic rings. The molecule has 2 heterocycles. The topological polar surface area (TPSA) is 43.9 Å². The van der Waals surface area contributed by atoms with E-state index < -0.39 is 0 Å². The van der Waals surface area contributed by atoms with E-state index in [4.69, 9.17) is 16.0 Å². The van der Waals surface area contributed by atoms with Crippen LogP contribution in [0.3, 0.4) is 0 Å². The van der Waals surface area contributed by atoms with Gasteiger partial charge in [-0.25, -0.2) is 0 Å². The summed E-state index contributed by atoms with van der Waals surface area (Å²) in [4.78, 5) is 0. The largest absolute Gasteiger partial charge is 0.461 e. The molecule has 3 rings (SSSR count). The van der Waals surface area contributed by atoms with Gasteiger partial charge >= 0.3 is 0 Å². The van der Waals surface area contributed by atoms with Crippen molar-refractivity contribution in [3.8, 4) is 11.6 Å². The molecule has 0 saturated heterocycles. The molecule has 6 heteroatoms. The highest BCUT2D eigenvalue weighted by Gasteiger charge is 2.18. The average molecular weight is 334 g/mol. The van der Waals surface area contributed by atoms with Crippen LogP contribution in [-0.4, -0.2) is 14.8 Å². The molecule has 0 atom stereocenters. The van der Waals surface area contributed by atoms with Gasteiger partial charge in [-0.15, -0.1) is 10.2 Å². The highest BCUT2D eigenvalue weighted by atomic mass is 35.5. The fourth-order valence-corrected chi connectivity index (χ4v) is 3.29. The highest BCUT2D eigenvalue weighted by molar-refractivity contribution is 7.98. The number of aromatic nitrogens is 3. The Balaban J connectivity index is 1.83. The zero-order valence-corrected chi connectivity index (χ0v) is 13.9. The molecule has 4 nitrogen and oxygen atoms in total. The smallest absolute Gasteiger partial charge is 0.200 e. The van der Waals surface area contributed by atoms with Crippen LogP contribution in [0.1, 0.15) is 25.5 Å². The third kappa shape index (κ3) is 3.20. The lowest BCUT2D eigenvalue weighted by Crippen LogP contribution is -2.04. The van der Waals surface area contributed by atoms with Crippen molar-refractivity contribution in [3.63, 3.8) is 0 Å². The molecule has 0 unspecified atom stereocenters. The van der Waals surface area contributed by atoms with Crippen molar-refractivity contribution < 1.29 is 4.42 Å². The molecule has 0 saturated carbocycles. The maximum atomic E-state index is 5.91. The first-order valence-electron chi connectivity index (χ1n) is 7.01. The van der Waals surface area contributed by atoms with Crippen LogP contribution in [-0.2, 0) is 5.75 Å². The lowest BCUT2D eigenvalue weighted by atomic mass is 10.2. The molecule has 0 aliphatic heterocycles. The first-order chi connectivity index (χ1) is 10.6. The van der Waals surface area contributed by atoms with Crippen LogP contribution in [0.15, 0.2) is 52.2 Å². The van der Waals surface area contributed by atoms with Crippen LogP contribution >= 0.6 is 23.4 Å². The van der Waals surface area contributed by atoms with Gasteiger partial charge in [0.2, 0.25) is 5.82 Å². The molecular formula is C16H16ClN3OS. The zero-order valence-electron chi connectivity index (χ0n) is 12.4. The number of nitrogens with zero attached hydrogens (tertiary/aromatic N) is 3. The standard InChI is InChI=1S/C16H16ClN3OS/c1-11(2)20-15(14-4-3-9-21-14)18-19-16(20)22-10-12-5-7-13(17)8-6-12/h3-9,11H,10H2,1-2H3. The second kappa shape index (κ2) is 6.58. The minimum Gasteiger partial charge on any atom is -0.461 e. The van der Waals surface area contributed by atoms with E-state index in [1.54, 1.807) is 18.0 Å². The van der Waals surface area contributed by atoms with Gasteiger partial charge in [-0.05, 0) is 43.7 Å². The van der Waals surface area contributed by atoms with Crippen molar-refractivity contribution in [2.45, 2.75) is 30.8 Å². The van der Waals surface area contributed by atoms with Gasteiger partial charge in [0.15, 0.2) is 10.9 Å². The van der Waals surface area contributed by atoms with E-state index in [0.717, 1.165) is 27.5 Å². The molecule has 0 fully saturated rings. The van der Waals surface area contributed by atoms with Gasteiger partial charge in [-0.3, -0.25) is 4.57 Å². The summed E-state index contributed by atoms with van der Waals surface area (Å²) in [6.07, 6.45) is 1.65. The number of furan rings is 1. The Hall–Kier alpha value is -1.72. The summed E-state index contributed by atoms with van der Waals surface area (Å²) in [5.41, 5.74) is 1.20. The third-order valence-electron chi connectivity index (χ3n) is 3.20. The van der Waals surface area contributed by atoms with Crippen molar-refractivity contribution >= 4 is 23.4 Å². The lowest BCUT2D eigenvalue weighted by molar-refractivity contribution is 0.529. The molecule has 0 N–H and O–H groups in total. The van der Waals surface area contributed by atoms with E-state index in [1.807, 2.05) is 36.4 Å². The molecule has 0 aliphatic carbocycles. The first-order valence-corrected chi connectivity index (χ1v) is 8.37. The van der Waals surface area contributed by atoms with Crippen LogP contribution in [0.4, 0.5) is 0 Å². The average Bonchev–Trinajstić information content (AvgIpc) is 3.15. The van der Waals surface area contributed by atoms with Gasteiger partial charge in [-0.1, -0.05) is 35.5 Å². The van der Waals surface area contributed by atoms with Gasteiger partial charge in [0.05, 0.1) is 6.26 Å². The van der Waals surface area contributed by atoms with Crippen LogP contribution in [0, 0.1) is 0 Å². The van der Waals surface area contributed by atoms with Crippen LogP contribution in [0.2, 0.25) is 5.02 Å². The highest BCUT2D eigenvalue weighted by Crippen LogP contribution is 2.29. The van der Waals surface area contributed by atoms with Crippen LogP contribution in [0.5, 0.6) is 0 Å². The van der Waals surface area contributed by atoms with E-state index >= 15 is 0 Å². The normalized spacial score (nSPS) is 11.3. The number of hydrogen-bond donors (Lipinski definition) is 0. The molecule has 1 aromatic carbocycles. The fourth-order valence-electron chi connectivity index (χ4n) is 2.14. The maximum absolute atomic E-state index is 5.91. The maximum Gasteiger partial charge on any atom is 0.200 e. The number of halogens is 1. The van der Waals surface area contributed by atoms with E-state index in [9.17, 15) is 0 Å². The van der Waals surface area contributed by atoms with Gasteiger partial charge in [0.1, 0.15) is 0 Å². The predicted molar refractivity (Wildman–Crippen MR) is 89.1 cm³/mol. The minimum absolute atomic E-state index is 0.253. The molecule has 0 amide bonds. The Labute approximate surface area is 138 Å². The van der Waals surface area contributed by atoms with Gasteiger partial charge < -0.3 is 4.42 Å². The Morgan fingerprint density at radius 2 is 1.95 bits per heavy atom. The summed E-state index contributed by atoms with van der Waals surface area (Å²) >= 11 is 7.57. The molecule has 0 radical (unpaired) electrons. The van der Waals surface area contributed by atoms with Crippen molar-refractivity contribution in [2.75, 3.05) is 0 Å². The summed E-state index contributed by atoms with van der Waals surface area (Å²) in [6, 6.07) is 11.9. The number of benzene rings is 1.